The average molecular weight is 368 g/mol. The second-order valence-corrected chi connectivity index (χ2v) is 7.52. The Bertz CT molecular complexity index is 1180. The Morgan fingerprint density at radius 2 is 1.79 bits per heavy atom. The van der Waals surface area contributed by atoms with Crippen molar-refractivity contribution in [2.24, 2.45) is 0 Å². The van der Waals surface area contributed by atoms with Gasteiger partial charge in [-0.05, 0) is 60.5 Å². The molecule has 0 N–H and O–H groups in total. The third-order valence-corrected chi connectivity index (χ3v) is 5.70. The zero-order valence-electron chi connectivity index (χ0n) is 16.4. The minimum Gasteiger partial charge on any atom is -0.493 e. The van der Waals surface area contributed by atoms with E-state index in [1.807, 2.05) is 19.1 Å². The van der Waals surface area contributed by atoms with Gasteiger partial charge in [0.05, 0.1) is 17.8 Å². The Labute approximate surface area is 165 Å². The Kier molecular flexibility index (Phi) is 4.25. The molecule has 1 aliphatic rings. The number of pyridine rings is 1. The molecule has 0 fully saturated rings. The van der Waals surface area contributed by atoms with E-state index in [9.17, 15) is 0 Å². The van der Waals surface area contributed by atoms with Crippen LogP contribution in [0.2, 0.25) is 0 Å². The lowest BCUT2D eigenvalue weighted by Crippen LogP contribution is -2.27. The highest BCUT2D eigenvalue weighted by molar-refractivity contribution is 6.09. The molecule has 3 nitrogen and oxygen atoms in total. The van der Waals surface area contributed by atoms with Crippen LogP contribution in [0.5, 0.6) is 5.75 Å². The van der Waals surface area contributed by atoms with E-state index in [0.29, 0.717) is 6.61 Å². The third kappa shape index (κ3) is 2.74. The molecule has 0 atom stereocenters. The number of hydrogen-bond acceptors (Lipinski definition) is 3. The van der Waals surface area contributed by atoms with Crippen LogP contribution in [0, 0.1) is 0 Å². The fourth-order valence-electron chi connectivity index (χ4n) is 4.42. The minimum atomic E-state index is 0.650. The topological polar surface area (TPSA) is 25.4 Å². The van der Waals surface area contributed by atoms with Crippen LogP contribution in [0.3, 0.4) is 0 Å². The van der Waals surface area contributed by atoms with Gasteiger partial charge in [-0.25, -0.2) is 4.98 Å². The molecule has 2 heterocycles. The van der Waals surface area contributed by atoms with Crippen molar-refractivity contribution in [2.45, 2.75) is 19.9 Å². The predicted octanol–water partition coefficient (Wildman–Crippen LogP) is 5.44. The summed E-state index contributed by atoms with van der Waals surface area (Å²) < 4.78 is 5.94. The summed E-state index contributed by atoms with van der Waals surface area (Å²) in [5, 5.41) is 3.90. The molecule has 0 amide bonds. The highest BCUT2D eigenvalue weighted by atomic mass is 16.5. The first-order valence-corrected chi connectivity index (χ1v) is 10.00. The summed E-state index contributed by atoms with van der Waals surface area (Å²) in [4.78, 5) is 7.56. The molecular weight excluding hydrogens is 344 g/mol. The molecule has 140 valence electrons. The highest BCUT2D eigenvalue weighted by Gasteiger charge is 2.24. The van der Waals surface area contributed by atoms with E-state index >= 15 is 0 Å². The van der Waals surface area contributed by atoms with Gasteiger partial charge in [-0.15, -0.1) is 0 Å². The summed E-state index contributed by atoms with van der Waals surface area (Å²) in [5.41, 5.74) is 6.01. The van der Waals surface area contributed by atoms with Gasteiger partial charge in [0.15, 0.2) is 0 Å². The maximum Gasteiger partial charge on any atom is 0.128 e. The smallest absolute Gasteiger partial charge is 0.128 e. The third-order valence-electron chi connectivity index (χ3n) is 5.70. The molecule has 0 unspecified atom stereocenters. The van der Waals surface area contributed by atoms with E-state index in [1.54, 1.807) is 0 Å². The molecule has 0 bridgehead atoms. The molecule has 28 heavy (non-hydrogen) atoms. The Morgan fingerprint density at radius 3 is 2.68 bits per heavy atom. The summed E-state index contributed by atoms with van der Waals surface area (Å²) in [7, 11) is 2.19. The summed E-state index contributed by atoms with van der Waals surface area (Å²) in [6.45, 7) is 4.66. The van der Waals surface area contributed by atoms with Crippen LogP contribution in [0.1, 0.15) is 18.1 Å². The van der Waals surface area contributed by atoms with Crippen molar-refractivity contribution in [1.29, 1.82) is 0 Å². The van der Waals surface area contributed by atoms with Crippen LogP contribution in [0.25, 0.3) is 32.9 Å². The normalized spacial score (nSPS) is 14.4. The van der Waals surface area contributed by atoms with E-state index in [1.165, 1.54) is 27.3 Å². The van der Waals surface area contributed by atoms with Crippen molar-refractivity contribution in [3.05, 3.63) is 71.8 Å². The molecule has 0 saturated heterocycles. The molecule has 5 rings (SSSR count). The van der Waals surface area contributed by atoms with Crippen LogP contribution in [0.4, 0.5) is 0 Å². The van der Waals surface area contributed by atoms with Gasteiger partial charge in [0.2, 0.25) is 0 Å². The van der Waals surface area contributed by atoms with Gasteiger partial charge in [-0.3, -0.25) is 0 Å². The standard InChI is InChI=1S/C25H24N2O/c1-3-28-23-11-7-6-10-20(23)25-21-16-27(2)15-14-19(21)24-18-9-5-4-8-17(18)12-13-22(24)26-25/h4-13H,3,14-16H2,1-2H3. The van der Waals surface area contributed by atoms with E-state index in [-0.39, 0.29) is 0 Å². The maximum absolute atomic E-state index is 5.94. The molecule has 0 saturated carbocycles. The van der Waals surface area contributed by atoms with Gasteiger partial charge < -0.3 is 9.64 Å². The lowest BCUT2D eigenvalue weighted by Gasteiger charge is -2.28. The Balaban J connectivity index is 1.87. The molecule has 1 aromatic heterocycles. The van der Waals surface area contributed by atoms with Crippen molar-refractivity contribution in [1.82, 2.24) is 9.88 Å². The van der Waals surface area contributed by atoms with Crippen LogP contribution in [0.15, 0.2) is 60.7 Å². The summed E-state index contributed by atoms with van der Waals surface area (Å²) >= 11 is 0. The second-order valence-electron chi connectivity index (χ2n) is 7.52. The van der Waals surface area contributed by atoms with E-state index in [0.717, 1.165) is 42.0 Å². The zero-order valence-corrected chi connectivity index (χ0v) is 16.4. The lowest BCUT2D eigenvalue weighted by molar-refractivity contribution is 0.313. The maximum atomic E-state index is 5.94. The van der Waals surface area contributed by atoms with Gasteiger partial charge >= 0.3 is 0 Å². The lowest BCUT2D eigenvalue weighted by atomic mass is 9.89. The first kappa shape index (κ1) is 17.2. The molecule has 0 radical (unpaired) electrons. The highest BCUT2D eigenvalue weighted by Crippen LogP contribution is 2.39. The average Bonchev–Trinajstić information content (AvgIpc) is 2.73. The van der Waals surface area contributed by atoms with Crippen molar-refractivity contribution >= 4 is 21.7 Å². The second kappa shape index (κ2) is 6.92. The van der Waals surface area contributed by atoms with Crippen LogP contribution >= 0.6 is 0 Å². The number of hydrogen-bond donors (Lipinski definition) is 0. The molecule has 3 aromatic carbocycles. The Morgan fingerprint density at radius 1 is 0.964 bits per heavy atom. The summed E-state index contributed by atoms with van der Waals surface area (Å²) in [5.74, 6) is 0.910. The number of para-hydroxylation sites is 1. The molecule has 0 aliphatic carbocycles. The molecule has 3 heteroatoms. The first-order chi connectivity index (χ1) is 13.8. The van der Waals surface area contributed by atoms with Crippen molar-refractivity contribution in [2.75, 3.05) is 20.2 Å². The number of fused-ring (bicyclic) bond motifs is 5. The summed E-state index contributed by atoms with van der Waals surface area (Å²) in [6, 6.07) is 21.3. The number of nitrogens with zero attached hydrogens (tertiary/aromatic N) is 2. The van der Waals surface area contributed by atoms with E-state index in [4.69, 9.17) is 9.72 Å². The van der Waals surface area contributed by atoms with E-state index in [2.05, 4.69) is 60.5 Å². The Hall–Kier alpha value is -2.91. The fraction of sp³-hybridized carbons (Fsp3) is 0.240. The van der Waals surface area contributed by atoms with Gasteiger partial charge in [-0.1, -0.05) is 42.5 Å². The first-order valence-electron chi connectivity index (χ1n) is 10.00. The monoisotopic (exact) mass is 368 g/mol. The predicted molar refractivity (Wildman–Crippen MR) is 116 cm³/mol. The van der Waals surface area contributed by atoms with Gasteiger partial charge in [-0.2, -0.15) is 0 Å². The molecule has 0 spiro atoms. The van der Waals surface area contributed by atoms with Crippen molar-refractivity contribution in [3.63, 3.8) is 0 Å². The van der Waals surface area contributed by atoms with E-state index < -0.39 is 0 Å². The number of aromatic nitrogens is 1. The number of benzene rings is 3. The fourth-order valence-corrected chi connectivity index (χ4v) is 4.42. The number of ether oxygens (including phenoxy) is 1. The largest absolute Gasteiger partial charge is 0.493 e. The minimum absolute atomic E-state index is 0.650. The molecule has 4 aromatic rings. The van der Waals surface area contributed by atoms with Gasteiger partial charge in [0, 0.05) is 24.0 Å². The molecular formula is C25H24N2O. The molecule has 1 aliphatic heterocycles. The van der Waals surface area contributed by atoms with Crippen LogP contribution in [-0.4, -0.2) is 30.1 Å². The van der Waals surface area contributed by atoms with Crippen molar-refractivity contribution < 1.29 is 4.74 Å². The van der Waals surface area contributed by atoms with Crippen LogP contribution < -0.4 is 4.74 Å². The van der Waals surface area contributed by atoms with Gasteiger partial charge in [0.1, 0.15) is 5.75 Å². The van der Waals surface area contributed by atoms with Gasteiger partial charge in [0.25, 0.3) is 0 Å². The quantitative estimate of drug-likeness (QED) is 0.450. The number of rotatable bonds is 3. The zero-order chi connectivity index (χ0) is 19.1. The number of likely N-dealkylation sites (N-methyl/N-ethyl adjacent to an activating group) is 1. The summed E-state index contributed by atoms with van der Waals surface area (Å²) in [6.07, 6.45) is 1.04. The SMILES string of the molecule is CCOc1ccccc1-c1nc2ccc3ccccc3c2c2c1CN(C)CC2. The van der Waals surface area contributed by atoms with Crippen LogP contribution in [-0.2, 0) is 13.0 Å². The van der Waals surface area contributed by atoms with Crippen molar-refractivity contribution in [3.8, 4) is 17.0 Å².